The SMILES string of the molecule is O=C(N=C([O-])OCCSSCCO[N+](=O)[O-])N1c2ccccc2C=Cc2ccccc21. The summed E-state index contributed by atoms with van der Waals surface area (Å²) in [6.07, 6.45) is 2.84. The van der Waals surface area contributed by atoms with Gasteiger partial charge >= 0.3 is 6.03 Å². The number of amides is 2. The van der Waals surface area contributed by atoms with E-state index >= 15 is 0 Å². The number of carbonyl (C=O) groups excluding carboxylic acids is 1. The third kappa shape index (κ3) is 6.40. The second-order valence-electron chi connectivity index (χ2n) is 6.00. The van der Waals surface area contributed by atoms with Crippen molar-refractivity contribution >= 4 is 57.2 Å². The van der Waals surface area contributed by atoms with Crippen molar-refractivity contribution in [2.45, 2.75) is 0 Å². The van der Waals surface area contributed by atoms with Gasteiger partial charge in [0.2, 0.25) is 0 Å². The first-order valence-corrected chi connectivity index (χ1v) is 11.7. The lowest BCUT2D eigenvalue weighted by molar-refractivity contribution is -0.756. The molecule has 0 aliphatic carbocycles. The predicted octanol–water partition coefficient (Wildman–Crippen LogP) is 3.75. The number of aliphatic imine (C=N–C) groups is 1. The summed E-state index contributed by atoms with van der Waals surface area (Å²) in [4.78, 5) is 32.1. The van der Waals surface area contributed by atoms with Gasteiger partial charge in [-0.1, -0.05) is 70.1 Å². The number of benzene rings is 2. The Morgan fingerprint density at radius 3 is 2.10 bits per heavy atom. The Morgan fingerprint density at radius 1 is 0.968 bits per heavy atom. The van der Waals surface area contributed by atoms with E-state index in [4.69, 9.17) is 4.74 Å². The van der Waals surface area contributed by atoms with E-state index in [0.717, 1.165) is 11.1 Å². The second kappa shape index (κ2) is 11.3. The molecule has 11 heteroatoms. The molecule has 0 N–H and O–H groups in total. The fourth-order valence-electron chi connectivity index (χ4n) is 2.77. The van der Waals surface area contributed by atoms with Crippen LogP contribution in [0.4, 0.5) is 16.2 Å². The van der Waals surface area contributed by atoms with Crippen LogP contribution in [0.25, 0.3) is 12.2 Å². The second-order valence-corrected chi connectivity index (χ2v) is 8.70. The third-order valence-corrected chi connectivity index (χ3v) is 6.35. The summed E-state index contributed by atoms with van der Waals surface area (Å²) in [5, 5.41) is 21.2. The molecule has 0 radical (unpaired) electrons. The van der Waals surface area contributed by atoms with E-state index in [0.29, 0.717) is 22.9 Å². The molecule has 0 saturated heterocycles. The summed E-state index contributed by atoms with van der Waals surface area (Å²) in [5.41, 5.74) is 2.89. The molecule has 31 heavy (non-hydrogen) atoms. The van der Waals surface area contributed by atoms with Gasteiger partial charge in [-0.25, -0.2) is 4.79 Å². The number of ether oxygens (including phenoxy) is 1. The Kier molecular flexibility index (Phi) is 8.19. The Bertz CT molecular complexity index is 949. The van der Waals surface area contributed by atoms with Crippen molar-refractivity contribution in [1.29, 1.82) is 0 Å². The molecule has 1 heterocycles. The summed E-state index contributed by atoms with van der Waals surface area (Å²) in [6.45, 7) is 0.0417. The highest BCUT2D eigenvalue weighted by Gasteiger charge is 2.23. The van der Waals surface area contributed by atoms with E-state index in [2.05, 4.69) is 9.83 Å². The van der Waals surface area contributed by atoms with Gasteiger partial charge in [-0.3, -0.25) is 4.90 Å². The molecule has 1 aliphatic heterocycles. The third-order valence-electron chi connectivity index (χ3n) is 4.01. The van der Waals surface area contributed by atoms with E-state index in [1.54, 1.807) is 12.1 Å². The van der Waals surface area contributed by atoms with Gasteiger partial charge in [0.25, 0.3) is 5.09 Å². The molecule has 162 valence electrons. The highest BCUT2D eigenvalue weighted by molar-refractivity contribution is 8.76. The van der Waals surface area contributed by atoms with Crippen LogP contribution in [0.2, 0.25) is 0 Å². The first-order valence-electron chi connectivity index (χ1n) is 9.16. The molecule has 2 aromatic rings. The van der Waals surface area contributed by atoms with Crippen LogP contribution < -0.4 is 10.0 Å². The van der Waals surface area contributed by atoms with Gasteiger partial charge in [-0.05, 0) is 23.3 Å². The minimum absolute atomic E-state index is 0.0120. The molecule has 9 nitrogen and oxygen atoms in total. The summed E-state index contributed by atoms with van der Waals surface area (Å²) >= 11 is 0. The highest BCUT2D eigenvalue weighted by Crippen LogP contribution is 2.36. The summed E-state index contributed by atoms with van der Waals surface area (Å²) in [7, 11) is 2.72. The Labute approximate surface area is 186 Å². The maximum Gasteiger partial charge on any atom is 0.354 e. The fourth-order valence-corrected chi connectivity index (χ4v) is 4.41. The van der Waals surface area contributed by atoms with Crippen LogP contribution in [0.3, 0.4) is 0 Å². The van der Waals surface area contributed by atoms with Gasteiger partial charge < -0.3 is 14.7 Å². The van der Waals surface area contributed by atoms with Crippen LogP contribution in [-0.2, 0) is 9.57 Å². The summed E-state index contributed by atoms with van der Waals surface area (Å²) in [5.74, 6) is 0.863. The molecule has 0 saturated carbocycles. The lowest BCUT2D eigenvalue weighted by Gasteiger charge is -2.23. The zero-order valence-corrected chi connectivity index (χ0v) is 17.8. The molecule has 1 aliphatic rings. The number of hydrogen-bond donors (Lipinski definition) is 0. The highest BCUT2D eigenvalue weighted by atomic mass is 33.1. The van der Waals surface area contributed by atoms with Crippen molar-refractivity contribution in [1.82, 2.24) is 0 Å². The number of rotatable bonds is 8. The largest absolute Gasteiger partial charge is 0.599 e. The predicted molar refractivity (Wildman–Crippen MR) is 121 cm³/mol. The van der Waals surface area contributed by atoms with Gasteiger partial charge in [0.1, 0.15) is 6.61 Å². The maximum absolute atomic E-state index is 12.9. The van der Waals surface area contributed by atoms with Gasteiger partial charge in [-0.15, -0.1) is 10.1 Å². The lowest BCUT2D eigenvalue weighted by atomic mass is 10.1. The van der Waals surface area contributed by atoms with Crippen molar-refractivity contribution in [3.05, 3.63) is 69.8 Å². The van der Waals surface area contributed by atoms with Crippen LogP contribution in [0.5, 0.6) is 0 Å². The minimum atomic E-state index is -0.973. The quantitative estimate of drug-likeness (QED) is 0.146. The van der Waals surface area contributed by atoms with E-state index in [1.165, 1.54) is 26.5 Å². The zero-order chi connectivity index (χ0) is 22.1. The van der Waals surface area contributed by atoms with E-state index in [9.17, 15) is 20.0 Å². The van der Waals surface area contributed by atoms with Crippen molar-refractivity contribution in [2.24, 2.45) is 4.99 Å². The van der Waals surface area contributed by atoms with Crippen LogP contribution in [0.1, 0.15) is 11.1 Å². The van der Waals surface area contributed by atoms with Crippen molar-refractivity contribution in [3.63, 3.8) is 0 Å². The smallest absolute Gasteiger partial charge is 0.354 e. The Hall–Kier alpha value is -3.18. The fraction of sp³-hybridized carbons (Fsp3) is 0.200. The van der Waals surface area contributed by atoms with Crippen molar-refractivity contribution < 1.29 is 24.6 Å². The molecule has 2 amide bonds. The number of nitrogens with zero attached hydrogens (tertiary/aromatic N) is 3. The number of anilines is 2. The maximum atomic E-state index is 12.9. The Morgan fingerprint density at radius 2 is 1.52 bits per heavy atom. The zero-order valence-electron chi connectivity index (χ0n) is 16.2. The van der Waals surface area contributed by atoms with Crippen LogP contribution in [0.15, 0.2) is 53.5 Å². The standard InChI is InChI=1S/C20H19N3O6S2/c24-19(21-20(25)28-11-13-30-31-14-12-29-23(26)27)22-17-7-3-1-5-15(17)9-10-16-6-2-4-8-18(16)22/h1-10H,11-14H2,(H,21,24,25)/p-1. The van der Waals surface area contributed by atoms with E-state index < -0.39 is 17.2 Å². The summed E-state index contributed by atoms with van der Waals surface area (Å²) < 4.78 is 5.01. The number of hydrogen-bond acceptors (Lipinski definition) is 8. The molecule has 0 atom stereocenters. The molecule has 0 spiro atoms. The Balaban J connectivity index is 1.60. The van der Waals surface area contributed by atoms with Crippen molar-refractivity contribution in [3.8, 4) is 0 Å². The van der Waals surface area contributed by atoms with Gasteiger partial charge in [0.05, 0.1) is 11.4 Å². The number of carbonyl (C=O) groups is 1. The lowest BCUT2D eigenvalue weighted by Crippen LogP contribution is -2.29. The molecule has 0 aromatic heterocycles. The monoisotopic (exact) mass is 460 g/mol. The average Bonchev–Trinajstić information content (AvgIpc) is 2.92. The normalized spacial score (nSPS) is 12.5. The number of fused-ring (bicyclic) bond motifs is 2. The molecule has 0 bridgehead atoms. The molecule has 0 unspecified atom stereocenters. The number of para-hydroxylation sites is 2. The van der Waals surface area contributed by atoms with Crippen LogP contribution >= 0.6 is 21.6 Å². The van der Waals surface area contributed by atoms with Crippen LogP contribution in [0, 0.1) is 10.1 Å². The van der Waals surface area contributed by atoms with Gasteiger partial charge in [-0.2, -0.15) is 4.99 Å². The molecular weight excluding hydrogens is 442 g/mol. The minimum Gasteiger partial charge on any atom is -0.599 e. The molecule has 0 fully saturated rings. The van der Waals surface area contributed by atoms with Crippen molar-refractivity contribution in [2.75, 3.05) is 29.6 Å². The van der Waals surface area contributed by atoms with E-state index in [1.807, 2.05) is 48.6 Å². The summed E-state index contributed by atoms with van der Waals surface area (Å²) in [6, 6.07) is 13.9. The van der Waals surface area contributed by atoms with E-state index in [-0.39, 0.29) is 13.2 Å². The average molecular weight is 461 g/mol. The topological polar surface area (TPSA) is 117 Å². The molecular formula is C20H18N3O6S2-. The number of urea groups is 1. The molecule has 2 aromatic carbocycles. The molecule has 3 rings (SSSR count). The van der Waals surface area contributed by atoms with Crippen LogP contribution in [-0.4, -0.2) is 41.9 Å². The first-order chi connectivity index (χ1) is 15.1. The van der Waals surface area contributed by atoms with Gasteiger partial charge in [0.15, 0.2) is 6.08 Å². The van der Waals surface area contributed by atoms with Gasteiger partial charge in [0, 0.05) is 18.1 Å². The first kappa shape index (κ1) is 22.5.